The van der Waals surface area contributed by atoms with Crippen LogP contribution in [0.25, 0.3) is 0 Å². The van der Waals surface area contributed by atoms with Gasteiger partial charge in [0.05, 0.1) is 28.2 Å². The lowest BCUT2D eigenvalue weighted by atomic mass is 9.97. The van der Waals surface area contributed by atoms with Crippen LogP contribution in [-0.4, -0.2) is 70.3 Å². The molecular formula is C23H30N4O4S2. The van der Waals surface area contributed by atoms with Gasteiger partial charge >= 0.3 is 5.97 Å². The van der Waals surface area contributed by atoms with E-state index in [0.717, 1.165) is 46.3 Å². The second-order valence-corrected chi connectivity index (χ2v) is 10.7. The lowest BCUT2D eigenvalue weighted by molar-refractivity contribution is -0.149. The number of thiazole rings is 2. The van der Waals surface area contributed by atoms with E-state index in [1.165, 1.54) is 22.7 Å². The van der Waals surface area contributed by atoms with E-state index >= 15 is 0 Å². The van der Waals surface area contributed by atoms with Crippen molar-refractivity contribution in [3.8, 4) is 0 Å². The topological polar surface area (TPSA) is 92.7 Å². The number of hydrogen-bond donors (Lipinski definition) is 0. The smallest absolute Gasteiger partial charge is 0.310 e. The molecule has 0 saturated carbocycles. The van der Waals surface area contributed by atoms with Crippen LogP contribution in [0, 0.1) is 19.8 Å². The SMILES string of the molecule is CCOC(=O)C1CCCN(C(=O)c2csc(C3CCN(C(=O)c4sc(C)nc4C)CC3)n2)C1. The molecule has 0 radical (unpaired) electrons. The Labute approximate surface area is 202 Å². The van der Waals surface area contributed by atoms with Gasteiger partial charge in [0.25, 0.3) is 11.8 Å². The molecule has 2 aromatic rings. The molecule has 8 nitrogen and oxygen atoms in total. The molecule has 1 unspecified atom stereocenters. The Bertz CT molecular complexity index is 1030. The number of esters is 1. The predicted molar refractivity (Wildman–Crippen MR) is 127 cm³/mol. The maximum atomic E-state index is 13.0. The van der Waals surface area contributed by atoms with Crippen LogP contribution >= 0.6 is 22.7 Å². The standard InChI is InChI=1S/C23H30N4O4S2/c1-4-31-23(30)17-6-5-9-27(12-17)21(28)18-13-32-20(25-18)16-7-10-26(11-8-16)22(29)19-14(2)24-15(3)33-19/h13,16-17H,4-12H2,1-3H3. The molecule has 0 aliphatic carbocycles. The molecule has 33 heavy (non-hydrogen) atoms. The largest absolute Gasteiger partial charge is 0.466 e. The van der Waals surface area contributed by atoms with Gasteiger partial charge in [-0.05, 0) is 46.5 Å². The summed E-state index contributed by atoms with van der Waals surface area (Å²) in [6, 6.07) is 0. The molecule has 0 aromatic carbocycles. The normalized spacial score (nSPS) is 19.5. The van der Waals surface area contributed by atoms with Gasteiger partial charge in [-0.15, -0.1) is 22.7 Å². The fourth-order valence-electron chi connectivity index (χ4n) is 4.55. The number of rotatable bonds is 5. The van der Waals surface area contributed by atoms with Crippen molar-refractivity contribution >= 4 is 40.5 Å². The van der Waals surface area contributed by atoms with Crippen molar-refractivity contribution in [1.82, 2.24) is 19.8 Å². The first kappa shape index (κ1) is 23.8. The van der Waals surface area contributed by atoms with Crippen molar-refractivity contribution in [1.29, 1.82) is 0 Å². The minimum Gasteiger partial charge on any atom is -0.466 e. The number of piperidine rings is 2. The van der Waals surface area contributed by atoms with E-state index in [0.29, 0.717) is 38.5 Å². The molecule has 178 valence electrons. The summed E-state index contributed by atoms with van der Waals surface area (Å²) in [5.74, 6) is -0.283. The fraction of sp³-hybridized carbons (Fsp3) is 0.609. The zero-order chi connectivity index (χ0) is 23.5. The van der Waals surface area contributed by atoms with Gasteiger partial charge in [0.15, 0.2) is 0 Å². The van der Waals surface area contributed by atoms with E-state index in [9.17, 15) is 14.4 Å². The van der Waals surface area contributed by atoms with E-state index in [1.54, 1.807) is 11.8 Å². The first-order valence-electron chi connectivity index (χ1n) is 11.5. The van der Waals surface area contributed by atoms with E-state index in [1.807, 2.05) is 24.1 Å². The molecule has 2 fully saturated rings. The molecule has 2 aromatic heterocycles. The number of aromatic nitrogens is 2. The van der Waals surface area contributed by atoms with Gasteiger partial charge in [0, 0.05) is 37.5 Å². The lowest BCUT2D eigenvalue weighted by Gasteiger charge is -2.31. The van der Waals surface area contributed by atoms with Crippen molar-refractivity contribution in [2.75, 3.05) is 32.8 Å². The number of likely N-dealkylation sites (tertiary alicyclic amines) is 2. The monoisotopic (exact) mass is 490 g/mol. The van der Waals surface area contributed by atoms with Crippen LogP contribution in [0.5, 0.6) is 0 Å². The molecule has 2 aliphatic rings. The molecule has 2 amide bonds. The highest BCUT2D eigenvalue weighted by molar-refractivity contribution is 7.13. The number of carbonyl (C=O) groups is 3. The van der Waals surface area contributed by atoms with E-state index in [4.69, 9.17) is 4.74 Å². The molecule has 2 aliphatic heterocycles. The molecular weight excluding hydrogens is 460 g/mol. The molecule has 1 atom stereocenters. The summed E-state index contributed by atoms with van der Waals surface area (Å²) >= 11 is 2.97. The van der Waals surface area contributed by atoms with Gasteiger partial charge in [-0.1, -0.05) is 0 Å². The second-order valence-electron chi connectivity index (χ2n) is 8.63. The second kappa shape index (κ2) is 10.3. The summed E-state index contributed by atoms with van der Waals surface area (Å²) in [4.78, 5) is 51.4. The molecule has 10 heteroatoms. The number of nitrogens with zero attached hydrogens (tertiary/aromatic N) is 4. The van der Waals surface area contributed by atoms with Crippen molar-refractivity contribution < 1.29 is 19.1 Å². The fourth-order valence-corrected chi connectivity index (χ4v) is 6.41. The Morgan fingerprint density at radius 3 is 2.48 bits per heavy atom. The third kappa shape index (κ3) is 5.27. The molecule has 0 spiro atoms. The predicted octanol–water partition coefficient (Wildman–Crippen LogP) is 3.65. The third-order valence-electron chi connectivity index (χ3n) is 6.30. The molecule has 0 N–H and O–H groups in total. The zero-order valence-corrected chi connectivity index (χ0v) is 21.0. The maximum Gasteiger partial charge on any atom is 0.310 e. The average Bonchev–Trinajstić information content (AvgIpc) is 3.45. The van der Waals surface area contributed by atoms with Crippen LogP contribution in [0.4, 0.5) is 0 Å². The average molecular weight is 491 g/mol. The Morgan fingerprint density at radius 1 is 1.06 bits per heavy atom. The van der Waals surface area contributed by atoms with E-state index in [2.05, 4.69) is 9.97 Å². The Hall–Kier alpha value is -2.33. The molecule has 4 rings (SSSR count). The third-order valence-corrected chi connectivity index (χ3v) is 8.37. The van der Waals surface area contributed by atoms with Gasteiger partial charge in [-0.25, -0.2) is 9.97 Å². The van der Waals surface area contributed by atoms with Crippen molar-refractivity contribution in [2.24, 2.45) is 5.92 Å². The summed E-state index contributed by atoms with van der Waals surface area (Å²) in [6.07, 6.45) is 3.21. The Kier molecular flexibility index (Phi) is 7.43. The number of aryl methyl sites for hydroxylation is 2. The van der Waals surface area contributed by atoms with Crippen LogP contribution in [0.3, 0.4) is 0 Å². The minimum absolute atomic E-state index is 0.0628. The van der Waals surface area contributed by atoms with E-state index in [-0.39, 0.29) is 29.6 Å². The number of hydrogen-bond acceptors (Lipinski definition) is 8. The van der Waals surface area contributed by atoms with Crippen molar-refractivity contribution in [3.63, 3.8) is 0 Å². The van der Waals surface area contributed by atoms with Crippen molar-refractivity contribution in [3.05, 3.63) is 31.7 Å². The van der Waals surface area contributed by atoms with Crippen LogP contribution in [-0.2, 0) is 9.53 Å². The van der Waals surface area contributed by atoms with E-state index < -0.39 is 0 Å². The first-order chi connectivity index (χ1) is 15.9. The highest BCUT2D eigenvalue weighted by atomic mass is 32.1. The van der Waals surface area contributed by atoms with Crippen molar-refractivity contribution in [2.45, 2.75) is 52.4 Å². The van der Waals surface area contributed by atoms with Gasteiger partial charge in [-0.2, -0.15) is 0 Å². The van der Waals surface area contributed by atoms with Crippen LogP contribution in [0.2, 0.25) is 0 Å². The zero-order valence-electron chi connectivity index (χ0n) is 19.3. The Morgan fingerprint density at radius 2 is 1.82 bits per heavy atom. The molecule has 4 heterocycles. The highest BCUT2D eigenvalue weighted by Crippen LogP contribution is 2.32. The lowest BCUT2D eigenvalue weighted by Crippen LogP contribution is -2.43. The van der Waals surface area contributed by atoms with Crippen LogP contribution in [0.1, 0.15) is 74.4 Å². The molecule has 0 bridgehead atoms. The summed E-state index contributed by atoms with van der Waals surface area (Å²) in [5, 5.41) is 3.69. The summed E-state index contributed by atoms with van der Waals surface area (Å²) < 4.78 is 5.14. The van der Waals surface area contributed by atoms with Gasteiger partial charge in [0.1, 0.15) is 10.6 Å². The molecule has 2 saturated heterocycles. The number of carbonyl (C=O) groups excluding carboxylic acids is 3. The summed E-state index contributed by atoms with van der Waals surface area (Å²) in [5.41, 5.74) is 1.25. The van der Waals surface area contributed by atoms with Gasteiger partial charge < -0.3 is 14.5 Å². The van der Waals surface area contributed by atoms with Crippen LogP contribution < -0.4 is 0 Å². The number of ether oxygens (including phenoxy) is 1. The maximum absolute atomic E-state index is 13.0. The number of amides is 2. The highest BCUT2D eigenvalue weighted by Gasteiger charge is 2.32. The summed E-state index contributed by atoms with van der Waals surface area (Å²) in [7, 11) is 0. The van der Waals surface area contributed by atoms with Gasteiger partial charge in [0.2, 0.25) is 0 Å². The van der Waals surface area contributed by atoms with Crippen LogP contribution in [0.15, 0.2) is 5.38 Å². The summed E-state index contributed by atoms with van der Waals surface area (Å²) in [6.45, 7) is 8.33. The Balaban J connectivity index is 1.34. The minimum atomic E-state index is -0.256. The first-order valence-corrected chi connectivity index (χ1v) is 13.2. The quantitative estimate of drug-likeness (QED) is 0.594. The van der Waals surface area contributed by atoms with Gasteiger partial charge in [-0.3, -0.25) is 14.4 Å².